The summed E-state index contributed by atoms with van der Waals surface area (Å²) < 4.78 is 7.36. The second-order valence-electron chi connectivity index (χ2n) is 9.03. The van der Waals surface area contributed by atoms with E-state index in [4.69, 9.17) is 16.3 Å². The summed E-state index contributed by atoms with van der Waals surface area (Å²) in [4.78, 5) is 23.8. The molecule has 4 rings (SSSR count). The van der Waals surface area contributed by atoms with Crippen molar-refractivity contribution < 1.29 is 9.53 Å². The molecule has 8 heteroatoms. The average Bonchev–Trinajstić information content (AvgIpc) is 3.14. The molecule has 0 fully saturated rings. The fraction of sp³-hybridized carbons (Fsp3) is 0.333. The second kappa shape index (κ2) is 8.39. The molecule has 32 heavy (non-hydrogen) atoms. The molecule has 0 atom stereocenters. The number of amides is 1. The molecule has 4 aromatic rings. The Balaban J connectivity index is 1.83. The number of halogens is 1. The summed E-state index contributed by atoms with van der Waals surface area (Å²) in [5.74, 6) is 0.681. The van der Waals surface area contributed by atoms with Gasteiger partial charge in [0.2, 0.25) is 0 Å². The Labute approximate surface area is 192 Å². The van der Waals surface area contributed by atoms with Gasteiger partial charge in [0.15, 0.2) is 5.65 Å². The molecule has 0 aliphatic heterocycles. The number of anilines is 1. The van der Waals surface area contributed by atoms with Gasteiger partial charge >= 0.3 is 6.09 Å². The van der Waals surface area contributed by atoms with Crippen LogP contribution in [0.4, 0.5) is 10.6 Å². The topological polar surface area (TPSA) is 72.6 Å². The highest BCUT2D eigenvalue weighted by Gasteiger charge is 2.27. The predicted molar refractivity (Wildman–Crippen MR) is 126 cm³/mol. The normalized spacial score (nSPS) is 12.0. The number of pyridine rings is 1. The lowest BCUT2D eigenvalue weighted by Crippen LogP contribution is -2.37. The van der Waals surface area contributed by atoms with Crippen molar-refractivity contribution in [1.29, 1.82) is 0 Å². The van der Waals surface area contributed by atoms with Gasteiger partial charge in [0.1, 0.15) is 16.6 Å². The maximum Gasteiger partial charge on any atom is 0.416 e. The summed E-state index contributed by atoms with van der Waals surface area (Å²) in [6.45, 7) is 9.86. The highest BCUT2D eigenvalue weighted by Crippen LogP contribution is 2.28. The largest absolute Gasteiger partial charge is 0.443 e. The molecule has 0 spiro atoms. The fourth-order valence-corrected chi connectivity index (χ4v) is 3.65. The fourth-order valence-electron chi connectivity index (χ4n) is 3.48. The molecule has 1 aromatic carbocycles. The molecule has 0 radical (unpaired) electrons. The van der Waals surface area contributed by atoms with E-state index in [0.717, 1.165) is 22.0 Å². The minimum absolute atomic E-state index is 0.200. The number of aromatic nitrogens is 4. The number of carbonyl (C=O) groups excluding carboxylic acids is 1. The minimum Gasteiger partial charge on any atom is -0.443 e. The van der Waals surface area contributed by atoms with Gasteiger partial charge in [-0.25, -0.2) is 9.78 Å². The summed E-state index contributed by atoms with van der Waals surface area (Å²) in [5.41, 5.74) is 2.65. The van der Waals surface area contributed by atoms with Gasteiger partial charge in [-0.15, -0.1) is 0 Å². The van der Waals surface area contributed by atoms with Gasteiger partial charge in [0.05, 0.1) is 18.3 Å². The SMILES string of the molecule is CC(C)c1cnn2c(N(Cc3cnc4ccccc4c3)C(=O)OC(C)(C)C)cc(Cl)nc12. The molecule has 7 nitrogen and oxygen atoms in total. The van der Waals surface area contributed by atoms with Crippen LogP contribution in [0, 0.1) is 0 Å². The van der Waals surface area contributed by atoms with E-state index in [1.54, 1.807) is 23.0 Å². The molecule has 0 bridgehead atoms. The number of hydrogen-bond donors (Lipinski definition) is 0. The van der Waals surface area contributed by atoms with Gasteiger partial charge in [0.25, 0.3) is 0 Å². The molecular weight excluding hydrogens is 426 g/mol. The van der Waals surface area contributed by atoms with Crippen LogP contribution in [0.5, 0.6) is 0 Å². The number of nitrogens with zero attached hydrogens (tertiary/aromatic N) is 5. The molecule has 0 N–H and O–H groups in total. The van der Waals surface area contributed by atoms with Crippen molar-refractivity contribution in [3.63, 3.8) is 0 Å². The van der Waals surface area contributed by atoms with Crippen molar-refractivity contribution >= 4 is 40.1 Å². The third-order valence-corrected chi connectivity index (χ3v) is 5.14. The van der Waals surface area contributed by atoms with Crippen molar-refractivity contribution in [2.24, 2.45) is 0 Å². The van der Waals surface area contributed by atoms with Gasteiger partial charge in [-0.1, -0.05) is 43.6 Å². The molecular formula is C24H26ClN5O2. The zero-order valence-corrected chi connectivity index (χ0v) is 19.6. The third-order valence-electron chi connectivity index (χ3n) is 4.95. The monoisotopic (exact) mass is 451 g/mol. The van der Waals surface area contributed by atoms with Crippen LogP contribution in [0.25, 0.3) is 16.6 Å². The Morgan fingerprint density at radius 1 is 1.19 bits per heavy atom. The quantitative estimate of drug-likeness (QED) is 0.356. The predicted octanol–water partition coefficient (Wildman–Crippen LogP) is 6.00. The van der Waals surface area contributed by atoms with Gasteiger partial charge in [-0.05, 0) is 44.4 Å². The summed E-state index contributed by atoms with van der Waals surface area (Å²) >= 11 is 6.38. The number of benzene rings is 1. The standard InChI is InChI=1S/C24H26ClN5O2/c1-15(2)18-13-27-30-21(11-20(25)28-22(18)30)29(23(31)32-24(3,4)5)14-16-10-17-8-6-7-9-19(17)26-12-16/h6-13,15H,14H2,1-5H3. The average molecular weight is 452 g/mol. The van der Waals surface area contributed by atoms with Crippen molar-refractivity contribution in [3.8, 4) is 0 Å². The number of rotatable bonds is 4. The summed E-state index contributed by atoms with van der Waals surface area (Å²) in [6, 6.07) is 11.5. The number of ether oxygens (including phenoxy) is 1. The van der Waals surface area contributed by atoms with Crippen LogP contribution in [0.1, 0.15) is 51.7 Å². The number of carbonyl (C=O) groups is 1. The second-order valence-corrected chi connectivity index (χ2v) is 9.42. The molecule has 3 aromatic heterocycles. The minimum atomic E-state index is -0.667. The van der Waals surface area contributed by atoms with Gasteiger partial charge in [0, 0.05) is 23.2 Å². The van der Waals surface area contributed by atoms with E-state index in [1.165, 1.54) is 4.90 Å². The summed E-state index contributed by atoms with van der Waals surface area (Å²) in [5, 5.41) is 5.77. The van der Waals surface area contributed by atoms with Crippen molar-refractivity contribution in [2.45, 2.75) is 52.7 Å². The molecule has 0 saturated carbocycles. The Hall–Kier alpha value is -3.19. The Morgan fingerprint density at radius 3 is 2.66 bits per heavy atom. The Morgan fingerprint density at radius 2 is 1.94 bits per heavy atom. The Bertz CT molecular complexity index is 1290. The molecule has 166 valence electrons. The lowest BCUT2D eigenvalue weighted by molar-refractivity contribution is 0.0575. The van der Waals surface area contributed by atoms with E-state index in [-0.39, 0.29) is 17.6 Å². The zero-order chi connectivity index (χ0) is 23.0. The molecule has 3 heterocycles. The first-order valence-corrected chi connectivity index (χ1v) is 10.9. The van der Waals surface area contributed by atoms with Gasteiger partial charge < -0.3 is 4.74 Å². The highest BCUT2D eigenvalue weighted by atomic mass is 35.5. The molecule has 0 aliphatic rings. The molecule has 0 unspecified atom stereocenters. The van der Waals surface area contributed by atoms with Crippen molar-refractivity contribution in [2.75, 3.05) is 4.90 Å². The van der Waals surface area contributed by atoms with Crippen LogP contribution >= 0.6 is 11.6 Å². The zero-order valence-electron chi connectivity index (χ0n) is 18.8. The van der Waals surface area contributed by atoms with Crippen LogP contribution in [-0.2, 0) is 11.3 Å². The van der Waals surface area contributed by atoms with Crippen molar-refractivity contribution in [1.82, 2.24) is 19.6 Å². The van der Waals surface area contributed by atoms with E-state index in [0.29, 0.717) is 11.5 Å². The number of fused-ring (bicyclic) bond motifs is 2. The lowest BCUT2D eigenvalue weighted by Gasteiger charge is -2.27. The van der Waals surface area contributed by atoms with Crippen molar-refractivity contribution in [3.05, 3.63) is 65.1 Å². The first kappa shape index (κ1) is 22.0. The van der Waals surface area contributed by atoms with E-state index in [1.807, 2.05) is 51.1 Å². The van der Waals surface area contributed by atoms with Crippen LogP contribution in [0.2, 0.25) is 5.15 Å². The highest BCUT2D eigenvalue weighted by molar-refractivity contribution is 6.29. The summed E-state index contributed by atoms with van der Waals surface area (Å²) in [7, 11) is 0. The maximum atomic E-state index is 13.3. The number of hydrogen-bond acceptors (Lipinski definition) is 5. The lowest BCUT2D eigenvalue weighted by atomic mass is 10.1. The smallest absolute Gasteiger partial charge is 0.416 e. The van der Waals surface area contributed by atoms with Crippen LogP contribution in [0.3, 0.4) is 0 Å². The van der Waals surface area contributed by atoms with Crippen LogP contribution in [0.15, 0.2) is 48.8 Å². The van der Waals surface area contributed by atoms with Crippen LogP contribution < -0.4 is 4.90 Å². The van der Waals surface area contributed by atoms with Gasteiger partial charge in [-0.3, -0.25) is 9.88 Å². The Kier molecular flexibility index (Phi) is 5.77. The maximum absolute atomic E-state index is 13.3. The first-order valence-electron chi connectivity index (χ1n) is 10.5. The third kappa shape index (κ3) is 4.53. The molecule has 0 aliphatic carbocycles. The van der Waals surface area contributed by atoms with E-state index in [9.17, 15) is 4.79 Å². The molecule has 1 amide bonds. The van der Waals surface area contributed by atoms with E-state index >= 15 is 0 Å². The number of para-hydroxylation sites is 1. The van der Waals surface area contributed by atoms with Crippen LogP contribution in [-0.4, -0.2) is 31.3 Å². The molecule has 0 saturated heterocycles. The van der Waals surface area contributed by atoms with Gasteiger partial charge in [-0.2, -0.15) is 9.61 Å². The summed E-state index contributed by atoms with van der Waals surface area (Å²) in [6.07, 6.45) is 3.02. The van der Waals surface area contributed by atoms with E-state index < -0.39 is 11.7 Å². The first-order chi connectivity index (χ1) is 15.1. The van der Waals surface area contributed by atoms with E-state index in [2.05, 4.69) is 28.9 Å².